The topological polar surface area (TPSA) is 67.1 Å². The van der Waals surface area contributed by atoms with Gasteiger partial charge in [0.2, 0.25) is 11.7 Å². The number of hydrogen-bond donors (Lipinski definition) is 1. The highest BCUT2D eigenvalue weighted by Gasteiger charge is 2.14. The molecule has 1 N–H and O–H groups in total. The number of nitrogens with zero attached hydrogens (tertiary/aromatic N) is 4. The number of aryl methyl sites for hydroxylation is 2. The SMILES string of the molecule is Cc1cc(-c2noc(CN3CCCNCC3)n2)cc(C)n1. The molecular weight excluding hydrogens is 266 g/mol. The summed E-state index contributed by atoms with van der Waals surface area (Å²) in [4.78, 5) is 11.2. The molecule has 3 rings (SSSR count). The lowest BCUT2D eigenvalue weighted by atomic mass is 10.2. The van der Waals surface area contributed by atoms with Gasteiger partial charge < -0.3 is 9.84 Å². The zero-order valence-electron chi connectivity index (χ0n) is 12.6. The molecule has 21 heavy (non-hydrogen) atoms. The largest absolute Gasteiger partial charge is 0.338 e. The minimum Gasteiger partial charge on any atom is -0.338 e. The number of pyridine rings is 1. The van der Waals surface area contributed by atoms with E-state index in [0.717, 1.165) is 56.1 Å². The average molecular weight is 287 g/mol. The molecule has 1 fully saturated rings. The third-order valence-electron chi connectivity index (χ3n) is 3.60. The molecule has 1 saturated heterocycles. The van der Waals surface area contributed by atoms with Gasteiger partial charge in [-0.25, -0.2) is 0 Å². The molecule has 0 atom stereocenters. The maximum atomic E-state index is 5.40. The maximum Gasteiger partial charge on any atom is 0.241 e. The van der Waals surface area contributed by atoms with E-state index in [9.17, 15) is 0 Å². The van der Waals surface area contributed by atoms with Crippen molar-refractivity contribution in [2.45, 2.75) is 26.8 Å². The van der Waals surface area contributed by atoms with Crippen LogP contribution in [0.3, 0.4) is 0 Å². The summed E-state index contributed by atoms with van der Waals surface area (Å²) in [5, 5.41) is 7.49. The normalized spacial score (nSPS) is 16.9. The Labute approximate surface area is 124 Å². The van der Waals surface area contributed by atoms with Gasteiger partial charge in [-0.15, -0.1) is 0 Å². The summed E-state index contributed by atoms with van der Waals surface area (Å²) in [7, 11) is 0. The van der Waals surface area contributed by atoms with Gasteiger partial charge in [-0.2, -0.15) is 4.98 Å². The van der Waals surface area contributed by atoms with Gasteiger partial charge in [0.25, 0.3) is 0 Å². The molecule has 2 aromatic heterocycles. The first-order valence-corrected chi connectivity index (χ1v) is 7.42. The van der Waals surface area contributed by atoms with Crippen LogP contribution in [0.4, 0.5) is 0 Å². The third-order valence-corrected chi connectivity index (χ3v) is 3.60. The third kappa shape index (κ3) is 3.65. The number of aromatic nitrogens is 3. The fourth-order valence-corrected chi connectivity index (χ4v) is 2.65. The van der Waals surface area contributed by atoms with Crippen molar-refractivity contribution in [1.29, 1.82) is 0 Å². The van der Waals surface area contributed by atoms with Crippen molar-refractivity contribution in [2.75, 3.05) is 26.2 Å². The van der Waals surface area contributed by atoms with Crippen molar-refractivity contribution in [2.24, 2.45) is 0 Å². The zero-order chi connectivity index (χ0) is 14.7. The van der Waals surface area contributed by atoms with Crippen LogP contribution in [0, 0.1) is 13.8 Å². The van der Waals surface area contributed by atoms with E-state index in [0.29, 0.717) is 11.7 Å². The van der Waals surface area contributed by atoms with E-state index >= 15 is 0 Å². The Balaban J connectivity index is 1.73. The molecular formula is C15H21N5O. The van der Waals surface area contributed by atoms with Crippen LogP contribution in [0.2, 0.25) is 0 Å². The summed E-state index contributed by atoms with van der Waals surface area (Å²) >= 11 is 0. The highest BCUT2D eigenvalue weighted by molar-refractivity contribution is 5.55. The Morgan fingerprint density at radius 1 is 1.14 bits per heavy atom. The Hall–Kier alpha value is -1.79. The van der Waals surface area contributed by atoms with Crippen LogP contribution in [-0.2, 0) is 6.54 Å². The quantitative estimate of drug-likeness (QED) is 0.923. The van der Waals surface area contributed by atoms with Gasteiger partial charge in [0.05, 0.1) is 6.54 Å². The molecule has 0 radical (unpaired) electrons. The van der Waals surface area contributed by atoms with Gasteiger partial charge in [0.15, 0.2) is 0 Å². The molecule has 0 aliphatic carbocycles. The van der Waals surface area contributed by atoms with E-state index in [1.807, 2.05) is 26.0 Å². The van der Waals surface area contributed by atoms with E-state index in [2.05, 4.69) is 25.3 Å². The van der Waals surface area contributed by atoms with Gasteiger partial charge in [0.1, 0.15) is 0 Å². The second kappa shape index (κ2) is 6.32. The molecule has 2 aromatic rings. The fraction of sp³-hybridized carbons (Fsp3) is 0.533. The summed E-state index contributed by atoms with van der Waals surface area (Å²) in [6, 6.07) is 3.97. The molecule has 6 nitrogen and oxygen atoms in total. The van der Waals surface area contributed by atoms with Crippen LogP contribution in [0.25, 0.3) is 11.4 Å². The van der Waals surface area contributed by atoms with E-state index in [4.69, 9.17) is 4.52 Å². The van der Waals surface area contributed by atoms with Crippen molar-refractivity contribution >= 4 is 0 Å². The van der Waals surface area contributed by atoms with Gasteiger partial charge in [-0.1, -0.05) is 5.16 Å². The maximum absolute atomic E-state index is 5.40. The molecule has 112 valence electrons. The second-order valence-electron chi connectivity index (χ2n) is 5.53. The van der Waals surface area contributed by atoms with Gasteiger partial charge in [0, 0.05) is 30.0 Å². The smallest absolute Gasteiger partial charge is 0.241 e. The summed E-state index contributed by atoms with van der Waals surface area (Å²) in [5.74, 6) is 1.32. The van der Waals surface area contributed by atoms with Gasteiger partial charge in [-0.05, 0) is 45.5 Å². The molecule has 0 amide bonds. The molecule has 0 aromatic carbocycles. The first-order valence-electron chi connectivity index (χ1n) is 7.42. The van der Waals surface area contributed by atoms with Crippen molar-refractivity contribution in [3.8, 4) is 11.4 Å². The highest BCUT2D eigenvalue weighted by atomic mass is 16.5. The molecule has 6 heteroatoms. The van der Waals surface area contributed by atoms with Gasteiger partial charge in [-0.3, -0.25) is 9.88 Å². The molecule has 3 heterocycles. The first-order chi connectivity index (χ1) is 10.2. The highest BCUT2D eigenvalue weighted by Crippen LogP contribution is 2.18. The van der Waals surface area contributed by atoms with Crippen LogP contribution >= 0.6 is 0 Å². The molecule has 0 bridgehead atoms. The van der Waals surface area contributed by atoms with Crippen molar-refractivity contribution in [3.05, 3.63) is 29.4 Å². The molecule has 0 saturated carbocycles. The minimum absolute atomic E-state index is 0.645. The van der Waals surface area contributed by atoms with Crippen LogP contribution in [0.5, 0.6) is 0 Å². The van der Waals surface area contributed by atoms with E-state index in [1.165, 1.54) is 0 Å². The zero-order valence-corrected chi connectivity index (χ0v) is 12.6. The fourth-order valence-electron chi connectivity index (χ4n) is 2.65. The van der Waals surface area contributed by atoms with Crippen LogP contribution in [0.1, 0.15) is 23.7 Å². The molecule has 0 unspecified atom stereocenters. The lowest BCUT2D eigenvalue weighted by molar-refractivity contribution is 0.239. The lowest BCUT2D eigenvalue weighted by Gasteiger charge is -2.16. The average Bonchev–Trinajstić information content (AvgIpc) is 2.74. The Kier molecular flexibility index (Phi) is 4.26. The number of nitrogens with one attached hydrogen (secondary N) is 1. The molecule has 1 aliphatic heterocycles. The van der Waals surface area contributed by atoms with E-state index in [1.54, 1.807) is 0 Å². The number of rotatable bonds is 3. The standard InChI is InChI=1S/C15H21N5O/c1-11-8-13(9-12(2)17-11)15-18-14(21-19-15)10-20-6-3-4-16-5-7-20/h8-9,16H,3-7,10H2,1-2H3. The molecule has 1 aliphatic rings. The summed E-state index contributed by atoms with van der Waals surface area (Å²) in [6.45, 7) is 8.86. The van der Waals surface area contributed by atoms with E-state index in [-0.39, 0.29) is 0 Å². The van der Waals surface area contributed by atoms with E-state index < -0.39 is 0 Å². The predicted molar refractivity (Wildman–Crippen MR) is 79.8 cm³/mol. The monoisotopic (exact) mass is 287 g/mol. The summed E-state index contributed by atoms with van der Waals surface area (Å²) in [5.41, 5.74) is 2.90. The summed E-state index contributed by atoms with van der Waals surface area (Å²) in [6.07, 6.45) is 1.16. The van der Waals surface area contributed by atoms with Gasteiger partial charge >= 0.3 is 0 Å². The van der Waals surface area contributed by atoms with Crippen LogP contribution < -0.4 is 5.32 Å². The van der Waals surface area contributed by atoms with Crippen molar-refractivity contribution in [1.82, 2.24) is 25.3 Å². The predicted octanol–water partition coefficient (Wildman–Crippen LogP) is 1.54. The lowest BCUT2D eigenvalue weighted by Crippen LogP contribution is -2.27. The number of hydrogen-bond acceptors (Lipinski definition) is 6. The first kappa shape index (κ1) is 14.2. The van der Waals surface area contributed by atoms with Crippen LogP contribution in [-0.4, -0.2) is 46.2 Å². The second-order valence-corrected chi connectivity index (χ2v) is 5.53. The summed E-state index contributed by atoms with van der Waals surface area (Å²) < 4.78 is 5.40. The Bertz CT molecular complexity index is 582. The minimum atomic E-state index is 0.645. The van der Waals surface area contributed by atoms with Crippen LogP contribution in [0.15, 0.2) is 16.7 Å². The van der Waals surface area contributed by atoms with Crippen molar-refractivity contribution in [3.63, 3.8) is 0 Å². The van der Waals surface area contributed by atoms with Crippen molar-refractivity contribution < 1.29 is 4.52 Å². The Morgan fingerprint density at radius 3 is 2.76 bits per heavy atom. The molecule has 0 spiro atoms. The Morgan fingerprint density at radius 2 is 1.95 bits per heavy atom.